The molecule has 1 aromatic rings. The molecule has 1 unspecified atom stereocenters. The summed E-state index contributed by atoms with van der Waals surface area (Å²) in [6, 6.07) is 8.94. The summed E-state index contributed by atoms with van der Waals surface area (Å²) >= 11 is 3.81. The maximum Gasteiger partial charge on any atom is 0.0502 e. The minimum atomic E-state index is 0.505. The molecule has 1 rings (SSSR count). The molecule has 0 aromatic heterocycles. The van der Waals surface area contributed by atoms with Crippen molar-refractivity contribution in [3.8, 4) is 0 Å². The lowest BCUT2D eigenvalue weighted by Gasteiger charge is -2.11. The summed E-state index contributed by atoms with van der Waals surface area (Å²) in [5.74, 6) is 0. The molecule has 0 bridgehead atoms. The van der Waals surface area contributed by atoms with Gasteiger partial charge in [0.2, 0.25) is 0 Å². The van der Waals surface area contributed by atoms with Crippen LogP contribution in [0.25, 0.3) is 0 Å². The van der Waals surface area contributed by atoms with Gasteiger partial charge in [-0.1, -0.05) is 79.2 Å². The molecule has 19 heavy (non-hydrogen) atoms. The van der Waals surface area contributed by atoms with E-state index in [1.807, 2.05) is 0 Å². The number of rotatable bonds is 10. The lowest BCUT2D eigenvalue weighted by molar-refractivity contribution is 0.202. The third-order valence-electron chi connectivity index (χ3n) is 3.50. The fourth-order valence-corrected chi connectivity index (χ4v) is 2.84. The molecular formula is C17H27BrO. The Hall–Kier alpha value is -0.340. The first-order valence-electron chi connectivity index (χ1n) is 7.49. The van der Waals surface area contributed by atoms with E-state index in [0.717, 1.165) is 13.0 Å². The number of hydrogen-bond donors (Lipinski definition) is 0. The third-order valence-corrected chi connectivity index (χ3v) is 4.48. The normalized spacial score (nSPS) is 12.6. The van der Waals surface area contributed by atoms with E-state index < -0.39 is 0 Å². The molecule has 1 atom stereocenters. The summed E-state index contributed by atoms with van der Waals surface area (Å²) in [4.78, 5) is 0.505. The molecule has 0 fully saturated rings. The van der Waals surface area contributed by atoms with Gasteiger partial charge in [-0.2, -0.15) is 0 Å². The fraction of sp³-hybridized carbons (Fsp3) is 0.647. The standard InChI is InChI=1S/C17H27BrO/c1-3-4-5-6-7-8-17(18)16-11-9-15(10-12-16)13-14-19-2/h9-12,17H,3-8,13-14H2,1-2H3. The Bertz CT molecular complexity index is 321. The van der Waals surface area contributed by atoms with Gasteiger partial charge in [0.15, 0.2) is 0 Å². The molecule has 0 aliphatic heterocycles. The van der Waals surface area contributed by atoms with Gasteiger partial charge in [0.25, 0.3) is 0 Å². The van der Waals surface area contributed by atoms with Crippen molar-refractivity contribution in [1.29, 1.82) is 0 Å². The number of halogens is 1. The van der Waals surface area contributed by atoms with Crippen LogP contribution in [0.5, 0.6) is 0 Å². The molecule has 0 aliphatic carbocycles. The molecule has 0 saturated heterocycles. The third kappa shape index (κ3) is 7.12. The predicted octanol–water partition coefficient (Wildman–Crippen LogP) is 5.67. The molecule has 0 N–H and O–H groups in total. The summed E-state index contributed by atoms with van der Waals surface area (Å²) in [6.07, 6.45) is 9.00. The summed E-state index contributed by atoms with van der Waals surface area (Å²) in [5, 5.41) is 0. The minimum Gasteiger partial charge on any atom is -0.384 e. The van der Waals surface area contributed by atoms with Crippen molar-refractivity contribution in [3.05, 3.63) is 35.4 Å². The molecule has 0 radical (unpaired) electrons. The lowest BCUT2D eigenvalue weighted by atomic mass is 10.0. The van der Waals surface area contributed by atoms with Gasteiger partial charge in [-0.3, -0.25) is 0 Å². The van der Waals surface area contributed by atoms with Crippen molar-refractivity contribution < 1.29 is 4.74 Å². The monoisotopic (exact) mass is 326 g/mol. The SMILES string of the molecule is CCCCCCCC(Br)c1ccc(CCOC)cc1. The maximum absolute atomic E-state index is 5.10. The van der Waals surface area contributed by atoms with E-state index in [0.29, 0.717) is 4.83 Å². The van der Waals surface area contributed by atoms with Crippen LogP contribution in [0.2, 0.25) is 0 Å². The number of methoxy groups -OCH3 is 1. The first-order chi connectivity index (χ1) is 9.27. The lowest BCUT2D eigenvalue weighted by Crippen LogP contribution is -1.96. The van der Waals surface area contributed by atoms with E-state index in [1.165, 1.54) is 49.7 Å². The van der Waals surface area contributed by atoms with Crippen molar-refractivity contribution in [2.45, 2.75) is 56.7 Å². The largest absolute Gasteiger partial charge is 0.384 e. The Balaban J connectivity index is 2.29. The van der Waals surface area contributed by atoms with Crippen LogP contribution in [0.3, 0.4) is 0 Å². The van der Waals surface area contributed by atoms with Crippen LogP contribution < -0.4 is 0 Å². The van der Waals surface area contributed by atoms with Crippen LogP contribution in [-0.2, 0) is 11.2 Å². The van der Waals surface area contributed by atoms with E-state index in [2.05, 4.69) is 47.1 Å². The Morgan fingerprint density at radius 2 is 1.74 bits per heavy atom. The van der Waals surface area contributed by atoms with Crippen LogP contribution >= 0.6 is 15.9 Å². The van der Waals surface area contributed by atoms with Gasteiger partial charge in [-0.25, -0.2) is 0 Å². The Labute approximate surface area is 126 Å². The first-order valence-corrected chi connectivity index (χ1v) is 8.41. The molecule has 0 saturated carbocycles. The van der Waals surface area contributed by atoms with Gasteiger partial charge < -0.3 is 4.74 Å². The highest BCUT2D eigenvalue weighted by Crippen LogP contribution is 2.29. The molecule has 1 nitrogen and oxygen atoms in total. The van der Waals surface area contributed by atoms with Gasteiger partial charge in [0, 0.05) is 11.9 Å². The number of alkyl halides is 1. The summed E-state index contributed by atoms with van der Waals surface area (Å²) in [7, 11) is 1.75. The smallest absolute Gasteiger partial charge is 0.0502 e. The molecule has 0 heterocycles. The van der Waals surface area contributed by atoms with E-state index in [-0.39, 0.29) is 0 Å². The van der Waals surface area contributed by atoms with Crippen LogP contribution in [0, 0.1) is 0 Å². The highest BCUT2D eigenvalue weighted by molar-refractivity contribution is 9.09. The minimum absolute atomic E-state index is 0.505. The number of ether oxygens (including phenoxy) is 1. The fourth-order valence-electron chi connectivity index (χ4n) is 2.21. The second kappa shape index (κ2) is 10.4. The Kier molecular flexibility index (Phi) is 9.19. The molecule has 108 valence electrons. The van der Waals surface area contributed by atoms with Crippen molar-refractivity contribution >= 4 is 15.9 Å². The average molecular weight is 327 g/mol. The van der Waals surface area contributed by atoms with Crippen LogP contribution in [0.15, 0.2) is 24.3 Å². The van der Waals surface area contributed by atoms with Crippen molar-refractivity contribution in [2.75, 3.05) is 13.7 Å². The summed E-state index contributed by atoms with van der Waals surface area (Å²) < 4.78 is 5.10. The zero-order valence-corrected chi connectivity index (χ0v) is 13.9. The van der Waals surface area contributed by atoms with Gasteiger partial charge >= 0.3 is 0 Å². The maximum atomic E-state index is 5.10. The Morgan fingerprint density at radius 1 is 1.05 bits per heavy atom. The van der Waals surface area contributed by atoms with Crippen molar-refractivity contribution in [2.24, 2.45) is 0 Å². The number of benzene rings is 1. The van der Waals surface area contributed by atoms with Crippen molar-refractivity contribution in [1.82, 2.24) is 0 Å². The Morgan fingerprint density at radius 3 is 2.37 bits per heavy atom. The zero-order valence-electron chi connectivity index (χ0n) is 12.3. The van der Waals surface area contributed by atoms with Gasteiger partial charge in [0.1, 0.15) is 0 Å². The second-order valence-corrected chi connectivity index (χ2v) is 6.26. The molecule has 2 heteroatoms. The van der Waals surface area contributed by atoms with E-state index in [4.69, 9.17) is 4.74 Å². The second-order valence-electron chi connectivity index (χ2n) is 5.15. The molecule has 0 aliphatic rings. The highest BCUT2D eigenvalue weighted by Gasteiger charge is 2.06. The topological polar surface area (TPSA) is 9.23 Å². The van der Waals surface area contributed by atoms with E-state index in [9.17, 15) is 0 Å². The van der Waals surface area contributed by atoms with Crippen LogP contribution in [0.1, 0.15) is 61.4 Å². The van der Waals surface area contributed by atoms with Crippen LogP contribution in [0.4, 0.5) is 0 Å². The molecular weight excluding hydrogens is 300 g/mol. The molecule has 0 spiro atoms. The average Bonchev–Trinajstić information content (AvgIpc) is 2.45. The molecule has 1 aromatic carbocycles. The first kappa shape index (κ1) is 16.7. The predicted molar refractivity (Wildman–Crippen MR) is 87.1 cm³/mol. The van der Waals surface area contributed by atoms with E-state index >= 15 is 0 Å². The van der Waals surface area contributed by atoms with Crippen LogP contribution in [-0.4, -0.2) is 13.7 Å². The summed E-state index contributed by atoms with van der Waals surface area (Å²) in [5.41, 5.74) is 2.75. The quantitative estimate of drug-likeness (QED) is 0.397. The highest BCUT2D eigenvalue weighted by atomic mass is 79.9. The van der Waals surface area contributed by atoms with Gasteiger partial charge in [-0.05, 0) is 24.0 Å². The van der Waals surface area contributed by atoms with Gasteiger partial charge in [-0.15, -0.1) is 0 Å². The van der Waals surface area contributed by atoms with Gasteiger partial charge in [0.05, 0.1) is 6.61 Å². The summed E-state index contributed by atoms with van der Waals surface area (Å²) in [6.45, 7) is 3.06. The number of hydrogen-bond acceptors (Lipinski definition) is 1. The number of unbranched alkanes of at least 4 members (excludes halogenated alkanes) is 4. The van der Waals surface area contributed by atoms with E-state index in [1.54, 1.807) is 7.11 Å². The molecule has 0 amide bonds. The zero-order chi connectivity index (χ0) is 13.9. The van der Waals surface area contributed by atoms with Crippen molar-refractivity contribution in [3.63, 3.8) is 0 Å².